The number of hydrogen-bond donors (Lipinski definition) is 1. The molecule has 2 aromatic rings. The SMILES string of the molecule is O=C(NCCn1ccnc1)N(Cc1cccs1)CC1CCCO1. The van der Waals surface area contributed by atoms with Crippen molar-refractivity contribution in [3.8, 4) is 0 Å². The zero-order valence-electron chi connectivity index (χ0n) is 13.1. The summed E-state index contributed by atoms with van der Waals surface area (Å²) in [5.74, 6) is 0. The molecule has 2 aromatic heterocycles. The highest BCUT2D eigenvalue weighted by molar-refractivity contribution is 7.09. The summed E-state index contributed by atoms with van der Waals surface area (Å²) >= 11 is 1.67. The van der Waals surface area contributed by atoms with E-state index in [4.69, 9.17) is 4.74 Å². The van der Waals surface area contributed by atoms with Crippen molar-refractivity contribution in [1.82, 2.24) is 19.8 Å². The second-order valence-corrected chi connectivity index (χ2v) is 6.66. The maximum atomic E-state index is 12.5. The Hall–Kier alpha value is -1.86. The van der Waals surface area contributed by atoms with Gasteiger partial charge in [0.25, 0.3) is 0 Å². The summed E-state index contributed by atoms with van der Waals surface area (Å²) < 4.78 is 7.63. The monoisotopic (exact) mass is 334 g/mol. The summed E-state index contributed by atoms with van der Waals surface area (Å²) in [5.41, 5.74) is 0. The smallest absolute Gasteiger partial charge is 0.317 e. The van der Waals surface area contributed by atoms with Gasteiger partial charge in [0.1, 0.15) is 0 Å². The molecule has 1 saturated heterocycles. The predicted molar refractivity (Wildman–Crippen MR) is 89.3 cm³/mol. The number of amides is 2. The molecule has 1 atom stereocenters. The second-order valence-electron chi connectivity index (χ2n) is 5.63. The molecule has 2 amide bonds. The number of urea groups is 1. The third-order valence-electron chi connectivity index (χ3n) is 3.87. The van der Waals surface area contributed by atoms with Crippen LogP contribution in [0.2, 0.25) is 0 Å². The Morgan fingerprint density at radius 3 is 3.22 bits per heavy atom. The molecule has 0 bridgehead atoms. The summed E-state index contributed by atoms with van der Waals surface area (Å²) in [6.45, 7) is 3.39. The van der Waals surface area contributed by atoms with Crippen LogP contribution >= 0.6 is 11.3 Å². The summed E-state index contributed by atoms with van der Waals surface area (Å²) in [6, 6.07) is 4.04. The van der Waals surface area contributed by atoms with Crippen LogP contribution in [0.1, 0.15) is 17.7 Å². The Morgan fingerprint density at radius 1 is 1.57 bits per heavy atom. The molecular weight excluding hydrogens is 312 g/mol. The molecule has 1 fully saturated rings. The number of ether oxygens (including phenoxy) is 1. The third-order valence-corrected chi connectivity index (χ3v) is 4.73. The molecule has 1 aliphatic rings. The number of rotatable bonds is 7. The highest BCUT2D eigenvalue weighted by Gasteiger charge is 2.22. The van der Waals surface area contributed by atoms with Gasteiger partial charge in [-0.15, -0.1) is 11.3 Å². The Morgan fingerprint density at radius 2 is 2.52 bits per heavy atom. The van der Waals surface area contributed by atoms with Crippen molar-refractivity contribution in [2.24, 2.45) is 0 Å². The fourth-order valence-electron chi connectivity index (χ4n) is 2.67. The fourth-order valence-corrected chi connectivity index (χ4v) is 3.39. The minimum Gasteiger partial charge on any atom is -0.376 e. The maximum absolute atomic E-state index is 12.5. The van der Waals surface area contributed by atoms with Crippen LogP contribution in [-0.2, 0) is 17.8 Å². The molecular formula is C16H22N4O2S. The van der Waals surface area contributed by atoms with Crippen molar-refractivity contribution in [2.45, 2.75) is 32.0 Å². The van der Waals surface area contributed by atoms with E-state index >= 15 is 0 Å². The first kappa shape index (κ1) is 16.0. The molecule has 3 rings (SSSR count). The first-order chi connectivity index (χ1) is 11.3. The van der Waals surface area contributed by atoms with Crippen LogP contribution in [-0.4, -0.2) is 46.3 Å². The second kappa shape index (κ2) is 8.12. The Bertz CT molecular complexity index is 579. The first-order valence-electron chi connectivity index (χ1n) is 7.94. The lowest BCUT2D eigenvalue weighted by Crippen LogP contribution is -2.44. The van der Waals surface area contributed by atoms with Crippen molar-refractivity contribution in [1.29, 1.82) is 0 Å². The van der Waals surface area contributed by atoms with Crippen LogP contribution in [0.5, 0.6) is 0 Å². The van der Waals surface area contributed by atoms with E-state index < -0.39 is 0 Å². The quantitative estimate of drug-likeness (QED) is 0.845. The van der Waals surface area contributed by atoms with Gasteiger partial charge in [-0.3, -0.25) is 0 Å². The van der Waals surface area contributed by atoms with Gasteiger partial charge in [-0.25, -0.2) is 9.78 Å². The van der Waals surface area contributed by atoms with Gasteiger partial charge in [0.2, 0.25) is 0 Å². The lowest BCUT2D eigenvalue weighted by Gasteiger charge is -2.25. The van der Waals surface area contributed by atoms with Crippen LogP contribution < -0.4 is 5.32 Å². The van der Waals surface area contributed by atoms with Crippen molar-refractivity contribution < 1.29 is 9.53 Å². The number of aromatic nitrogens is 2. The zero-order chi connectivity index (χ0) is 15.9. The Labute approximate surface area is 140 Å². The van der Waals surface area contributed by atoms with E-state index in [2.05, 4.69) is 16.4 Å². The van der Waals surface area contributed by atoms with E-state index in [9.17, 15) is 4.79 Å². The first-order valence-corrected chi connectivity index (χ1v) is 8.82. The van der Waals surface area contributed by atoms with Gasteiger partial charge in [-0.1, -0.05) is 6.07 Å². The molecule has 0 saturated carbocycles. The average molecular weight is 334 g/mol. The van der Waals surface area contributed by atoms with Crippen LogP contribution in [0.3, 0.4) is 0 Å². The standard InChI is InChI=1S/C16H22N4O2S/c21-16(18-6-8-19-7-5-17-13-19)20(11-14-3-1-9-22-14)12-15-4-2-10-23-15/h2,4-5,7,10,13-14H,1,3,6,8-9,11-12H2,(H,18,21). The van der Waals surface area contributed by atoms with Crippen molar-refractivity contribution in [3.05, 3.63) is 41.1 Å². The summed E-state index contributed by atoms with van der Waals surface area (Å²) in [6.07, 6.45) is 7.66. The van der Waals surface area contributed by atoms with Crippen LogP contribution in [0.4, 0.5) is 4.79 Å². The number of carbonyl (C=O) groups is 1. The normalized spacial score (nSPS) is 17.3. The van der Waals surface area contributed by atoms with Gasteiger partial charge < -0.3 is 19.5 Å². The molecule has 6 nitrogen and oxygen atoms in total. The lowest BCUT2D eigenvalue weighted by molar-refractivity contribution is 0.0797. The third kappa shape index (κ3) is 4.80. The van der Waals surface area contributed by atoms with Gasteiger partial charge >= 0.3 is 6.03 Å². The number of nitrogens with zero attached hydrogens (tertiary/aromatic N) is 3. The number of imidazole rings is 1. The molecule has 1 unspecified atom stereocenters. The minimum atomic E-state index is -0.0333. The average Bonchev–Trinajstić information content (AvgIpc) is 3.30. The van der Waals surface area contributed by atoms with Gasteiger partial charge in [-0.05, 0) is 24.3 Å². The molecule has 7 heteroatoms. The zero-order valence-corrected chi connectivity index (χ0v) is 13.9. The Balaban J connectivity index is 1.53. The minimum absolute atomic E-state index is 0.0333. The van der Waals surface area contributed by atoms with Crippen molar-refractivity contribution in [3.63, 3.8) is 0 Å². The number of hydrogen-bond acceptors (Lipinski definition) is 4. The summed E-state index contributed by atoms with van der Waals surface area (Å²) in [7, 11) is 0. The number of carbonyl (C=O) groups excluding carboxylic acids is 1. The lowest BCUT2D eigenvalue weighted by atomic mass is 10.2. The van der Waals surface area contributed by atoms with Gasteiger partial charge in [-0.2, -0.15) is 0 Å². The molecule has 3 heterocycles. The van der Waals surface area contributed by atoms with Crippen molar-refractivity contribution >= 4 is 17.4 Å². The number of thiophene rings is 1. The Kier molecular flexibility index (Phi) is 5.65. The van der Waals surface area contributed by atoms with Gasteiger partial charge in [0.05, 0.1) is 19.0 Å². The van der Waals surface area contributed by atoms with E-state index in [0.29, 0.717) is 19.6 Å². The maximum Gasteiger partial charge on any atom is 0.317 e. The van der Waals surface area contributed by atoms with Crippen LogP contribution in [0.15, 0.2) is 36.2 Å². The molecule has 1 N–H and O–H groups in total. The molecule has 1 aliphatic heterocycles. The topological polar surface area (TPSA) is 59.4 Å². The van der Waals surface area contributed by atoms with Gasteiger partial charge in [0.15, 0.2) is 0 Å². The molecule has 0 aromatic carbocycles. The largest absolute Gasteiger partial charge is 0.376 e. The summed E-state index contributed by atoms with van der Waals surface area (Å²) in [5, 5.41) is 5.03. The van der Waals surface area contributed by atoms with E-state index in [-0.39, 0.29) is 12.1 Å². The number of nitrogens with one attached hydrogen (secondary N) is 1. The highest BCUT2D eigenvalue weighted by Crippen LogP contribution is 2.17. The van der Waals surface area contributed by atoms with Gasteiger partial charge in [0, 0.05) is 43.5 Å². The van der Waals surface area contributed by atoms with E-state index in [1.54, 1.807) is 23.9 Å². The summed E-state index contributed by atoms with van der Waals surface area (Å²) in [4.78, 5) is 19.6. The predicted octanol–water partition coefficient (Wildman–Crippen LogP) is 2.34. The van der Waals surface area contributed by atoms with Crippen LogP contribution in [0.25, 0.3) is 0 Å². The molecule has 0 radical (unpaired) electrons. The molecule has 0 aliphatic carbocycles. The highest BCUT2D eigenvalue weighted by atomic mass is 32.1. The van der Waals surface area contributed by atoms with Crippen LogP contribution in [0, 0.1) is 0 Å². The van der Waals surface area contributed by atoms with Crippen molar-refractivity contribution in [2.75, 3.05) is 19.7 Å². The van der Waals surface area contributed by atoms with E-state index in [1.807, 2.05) is 27.1 Å². The van der Waals surface area contributed by atoms with E-state index in [0.717, 1.165) is 26.0 Å². The molecule has 23 heavy (non-hydrogen) atoms. The molecule has 124 valence electrons. The molecule has 0 spiro atoms. The van der Waals surface area contributed by atoms with E-state index in [1.165, 1.54) is 4.88 Å². The fraction of sp³-hybridized carbons (Fsp3) is 0.500.